The lowest BCUT2D eigenvalue weighted by atomic mass is 9.84. The topological polar surface area (TPSA) is 89.4 Å². The predicted molar refractivity (Wildman–Crippen MR) is 176 cm³/mol. The summed E-state index contributed by atoms with van der Waals surface area (Å²) in [6, 6.07) is 29.6. The van der Waals surface area contributed by atoms with Crippen molar-refractivity contribution in [3.63, 3.8) is 0 Å². The van der Waals surface area contributed by atoms with E-state index in [-0.39, 0.29) is 31.2 Å². The van der Waals surface area contributed by atoms with Crippen molar-refractivity contribution >= 4 is 33.8 Å². The van der Waals surface area contributed by atoms with Crippen LogP contribution in [0, 0.1) is 0 Å². The van der Waals surface area contributed by atoms with Gasteiger partial charge in [-0.3, -0.25) is 4.79 Å². The molecule has 2 atom stereocenters. The Bertz CT molecular complexity index is 1680. The Morgan fingerprint density at radius 3 is 2.30 bits per heavy atom. The highest BCUT2D eigenvalue weighted by Crippen LogP contribution is 2.43. The molecule has 0 fully saturated rings. The monoisotopic (exact) mass is 708 g/mol. The molecule has 5 rings (SSSR count). The normalized spacial score (nSPS) is 17.6. The van der Waals surface area contributed by atoms with Crippen molar-refractivity contribution in [3.05, 3.63) is 136 Å². The Morgan fingerprint density at radius 2 is 1.64 bits per heavy atom. The first kappa shape index (κ1) is 33.7. The van der Waals surface area contributed by atoms with Crippen LogP contribution in [0.4, 0.5) is 13.2 Å². The van der Waals surface area contributed by atoms with Gasteiger partial charge in [0, 0.05) is 36.0 Å². The third-order valence-electron chi connectivity index (χ3n) is 7.35. The van der Waals surface area contributed by atoms with Crippen LogP contribution in [0.3, 0.4) is 0 Å². The highest BCUT2D eigenvalue weighted by atomic mass is 79.9. The van der Waals surface area contributed by atoms with Gasteiger partial charge in [-0.25, -0.2) is 4.99 Å². The van der Waals surface area contributed by atoms with Gasteiger partial charge in [-0.15, -0.1) is 13.2 Å². The Balaban J connectivity index is 1.48. The maximum absolute atomic E-state index is 14.3. The fraction of sp³-hybridized carbons (Fsp3) is 0.222. The van der Waals surface area contributed by atoms with Crippen molar-refractivity contribution in [2.24, 2.45) is 4.99 Å². The number of nitrogens with one attached hydrogen (secondary N) is 1. The minimum atomic E-state index is -4.80. The van der Waals surface area contributed by atoms with Crippen molar-refractivity contribution < 1.29 is 37.3 Å². The molecule has 2 N–H and O–H groups in total. The average Bonchev–Trinajstić information content (AvgIpc) is 3.45. The average molecular weight is 710 g/mol. The van der Waals surface area contributed by atoms with E-state index in [2.05, 4.69) is 26.0 Å². The Morgan fingerprint density at radius 1 is 0.957 bits per heavy atom. The lowest BCUT2D eigenvalue weighted by Gasteiger charge is -2.30. The standard InChI is InChI=1S/C36H32BrF3N2O5/c37-29-15-11-27(12-16-29)32-35(21-4-8-25-6-2-1-3-7-25,34(44)41-24-26-9-17-31(18-10-26)47-36(38,39)40)42-33(46-32)28-13-19-30(20-14-28)45-23-5-22-43/h1-4,6-20,32,43H,5,21-24H2,(H,41,44)/b8-4+/t32-,35-/m1/s1. The van der Waals surface area contributed by atoms with Crippen LogP contribution in [-0.4, -0.2) is 42.0 Å². The summed E-state index contributed by atoms with van der Waals surface area (Å²) in [5.41, 5.74) is 1.45. The van der Waals surface area contributed by atoms with Crippen LogP contribution in [0.1, 0.15) is 41.2 Å². The number of hydrogen-bond donors (Lipinski definition) is 2. The molecule has 244 valence electrons. The maximum atomic E-state index is 14.3. The van der Waals surface area contributed by atoms with E-state index in [9.17, 15) is 18.0 Å². The first-order chi connectivity index (χ1) is 22.6. The Hall–Kier alpha value is -4.61. The number of rotatable bonds is 13. The van der Waals surface area contributed by atoms with Gasteiger partial charge in [0.15, 0.2) is 11.6 Å². The minimum absolute atomic E-state index is 0.0286. The Labute approximate surface area is 278 Å². The van der Waals surface area contributed by atoms with Crippen LogP contribution in [0.25, 0.3) is 6.08 Å². The second-order valence-corrected chi connectivity index (χ2v) is 11.6. The molecule has 0 bridgehead atoms. The molecule has 1 amide bonds. The van der Waals surface area contributed by atoms with Crippen LogP contribution < -0.4 is 14.8 Å². The number of benzene rings is 4. The van der Waals surface area contributed by atoms with Crippen LogP contribution in [-0.2, 0) is 16.1 Å². The molecular weight excluding hydrogens is 677 g/mol. The second kappa shape index (κ2) is 15.3. The molecule has 0 saturated heterocycles. The summed E-state index contributed by atoms with van der Waals surface area (Å²) < 4.78 is 54.9. The molecule has 4 aromatic carbocycles. The van der Waals surface area contributed by atoms with Crippen LogP contribution >= 0.6 is 15.9 Å². The summed E-state index contributed by atoms with van der Waals surface area (Å²) in [4.78, 5) is 19.3. The molecule has 0 radical (unpaired) electrons. The number of amides is 1. The molecule has 1 heterocycles. The number of carbonyl (C=O) groups is 1. The molecule has 11 heteroatoms. The van der Waals surface area contributed by atoms with E-state index in [0.717, 1.165) is 15.6 Å². The molecule has 0 unspecified atom stereocenters. The molecular formula is C36H32BrF3N2O5. The number of nitrogens with zero attached hydrogens (tertiary/aromatic N) is 1. The van der Waals surface area contributed by atoms with E-state index in [1.54, 1.807) is 24.3 Å². The summed E-state index contributed by atoms with van der Waals surface area (Å²) in [6.45, 7) is 0.432. The number of aliphatic hydroxyl groups is 1. The van der Waals surface area contributed by atoms with E-state index in [1.165, 1.54) is 24.3 Å². The van der Waals surface area contributed by atoms with Gasteiger partial charge in [0.05, 0.1) is 6.61 Å². The van der Waals surface area contributed by atoms with Gasteiger partial charge in [0.2, 0.25) is 5.90 Å². The van der Waals surface area contributed by atoms with Gasteiger partial charge in [0.25, 0.3) is 5.91 Å². The number of aliphatic imine (C=N–C) groups is 1. The van der Waals surface area contributed by atoms with Crippen molar-refractivity contribution in [1.82, 2.24) is 5.32 Å². The minimum Gasteiger partial charge on any atom is -0.494 e. The molecule has 47 heavy (non-hydrogen) atoms. The third-order valence-corrected chi connectivity index (χ3v) is 7.88. The number of ether oxygens (including phenoxy) is 3. The van der Waals surface area contributed by atoms with Crippen molar-refractivity contribution in [1.29, 1.82) is 0 Å². The number of carbonyl (C=O) groups excluding carboxylic acids is 1. The maximum Gasteiger partial charge on any atom is 0.573 e. The van der Waals surface area contributed by atoms with Gasteiger partial charge in [-0.1, -0.05) is 82.7 Å². The van der Waals surface area contributed by atoms with Crippen LogP contribution in [0.2, 0.25) is 0 Å². The van der Waals surface area contributed by atoms with E-state index < -0.39 is 23.9 Å². The lowest BCUT2D eigenvalue weighted by molar-refractivity contribution is -0.274. The van der Waals surface area contributed by atoms with Gasteiger partial charge in [-0.05, 0) is 65.2 Å². The van der Waals surface area contributed by atoms with Gasteiger partial charge < -0.3 is 24.6 Å². The smallest absolute Gasteiger partial charge is 0.494 e. The fourth-order valence-electron chi connectivity index (χ4n) is 5.04. The van der Waals surface area contributed by atoms with E-state index in [1.807, 2.05) is 66.7 Å². The first-order valence-electron chi connectivity index (χ1n) is 14.9. The number of hydrogen-bond acceptors (Lipinski definition) is 6. The highest BCUT2D eigenvalue weighted by Gasteiger charge is 2.52. The molecule has 0 aliphatic carbocycles. The van der Waals surface area contributed by atoms with E-state index >= 15 is 0 Å². The number of alkyl halides is 3. The van der Waals surface area contributed by atoms with E-state index in [0.29, 0.717) is 29.9 Å². The van der Waals surface area contributed by atoms with Gasteiger partial charge in [-0.2, -0.15) is 0 Å². The molecule has 1 aliphatic rings. The Kier molecular flexibility index (Phi) is 11.0. The third kappa shape index (κ3) is 9.02. The predicted octanol–water partition coefficient (Wildman–Crippen LogP) is 7.79. The zero-order chi connectivity index (χ0) is 33.3. The number of halogens is 4. The fourth-order valence-corrected chi connectivity index (χ4v) is 5.30. The molecule has 1 aliphatic heterocycles. The summed E-state index contributed by atoms with van der Waals surface area (Å²) in [5, 5.41) is 12.0. The molecule has 4 aromatic rings. The molecule has 0 aromatic heterocycles. The molecule has 7 nitrogen and oxygen atoms in total. The summed E-state index contributed by atoms with van der Waals surface area (Å²) in [7, 11) is 0. The van der Waals surface area contributed by atoms with Crippen LogP contribution in [0.15, 0.2) is 119 Å². The number of aliphatic hydroxyl groups excluding tert-OH is 1. The highest BCUT2D eigenvalue weighted by molar-refractivity contribution is 9.10. The van der Waals surface area contributed by atoms with Crippen LogP contribution in [0.5, 0.6) is 11.5 Å². The lowest BCUT2D eigenvalue weighted by Crippen LogP contribution is -2.47. The quantitative estimate of drug-likeness (QED) is 0.139. The van der Waals surface area contributed by atoms with Crippen molar-refractivity contribution in [2.75, 3.05) is 13.2 Å². The molecule has 0 spiro atoms. The van der Waals surface area contributed by atoms with Crippen molar-refractivity contribution in [2.45, 2.75) is 37.4 Å². The summed E-state index contributed by atoms with van der Waals surface area (Å²) in [6.07, 6.45) is -1.13. The summed E-state index contributed by atoms with van der Waals surface area (Å²) in [5.74, 6) is 0.120. The van der Waals surface area contributed by atoms with Crippen molar-refractivity contribution in [3.8, 4) is 11.5 Å². The zero-order valence-corrected chi connectivity index (χ0v) is 26.7. The largest absolute Gasteiger partial charge is 0.573 e. The van der Waals surface area contributed by atoms with Gasteiger partial charge >= 0.3 is 6.36 Å². The molecule has 0 saturated carbocycles. The van der Waals surface area contributed by atoms with E-state index in [4.69, 9.17) is 19.6 Å². The second-order valence-electron chi connectivity index (χ2n) is 10.7. The first-order valence-corrected chi connectivity index (χ1v) is 15.7. The van der Waals surface area contributed by atoms with Gasteiger partial charge in [0.1, 0.15) is 11.5 Å². The SMILES string of the molecule is O=C(NCc1ccc(OC(F)(F)F)cc1)[C@]1(C/C=C/c2ccccc2)N=C(c2ccc(OCCCO)cc2)O[C@@H]1c1ccc(Br)cc1. The zero-order valence-electron chi connectivity index (χ0n) is 25.1. The summed E-state index contributed by atoms with van der Waals surface area (Å²) >= 11 is 3.47.